The fourth-order valence-corrected chi connectivity index (χ4v) is 5.79. The first-order chi connectivity index (χ1) is 23.0. The van der Waals surface area contributed by atoms with Crippen LogP contribution in [0.2, 0.25) is 0 Å². The van der Waals surface area contributed by atoms with Gasteiger partial charge in [0.05, 0.1) is 19.8 Å². The molecule has 0 bridgehead atoms. The Hall–Kier alpha value is -5.43. The van der Waals surface area contributed by atoms with Gasteiger partial charge in [0.25, 0.3) is 0 Å². The first-order valence-corrected chi connectivity index (χ1v) is 15.5. The number of halogens is 1. The molecule has 0 saturated carbocycles. The van der Waals surface area contributed by atoms with Crippen LogP contribution in [0.3, 0.4) is 0 Å². The second-order valence-electron chi connectivity index (χ2n) is 11.2. The number of allylic oxidation sites excluding steroid dienone is 2. The van der Waals surface area contributed by atoms with Crippen LogP contribution < -0.4 is 18.9 Å². The quantitative estimate of drug-likeness (QED) is 0.185. The zero-order valence-corrected chi connectivity index (χ0v) is 29.5. The van der Waals surface area contributed by atoms with Gasteiger partial charge in [-0.15, -0.1) is 0 Å². The third kappa shape index (κ3) is 7.07. The Labute approximate surface area is 290 Å². The molecule has 13 heteroatoms. The summed E-state index contributed by atoms with van der Waals surface area (Å²) in [4.78, 5) is 63.1. The molecule has 1 unspecified atom stereocenters. The number of esters is 3. The molecule has 2 N–H and O–H groups in total. The highest BCUT2D eigenvalue weighted by Crippen LogP contribution is 2.43. The number of ketones is 1. The number of carboxylic acids is 1. The highest BCUT2D eigenvalue weighted by molar-refractivity contribution is 9.10. The summed E-state index contributed by atoms with van der Waals surface area (Å²) in [7, 11) is 2.64. The number of carboxylic acid groups (broad SMARTS) is 1. The van der Waals surface area contributed by atoms with Gasteiger partial charge in [-0.25, -0.2) is 14.4 Å². The van der Waals surface area contributed by atoms with Crippen molar-refractivity contribution in [2.24, 2.45) is 5.92 Å². The number of methoxy groups -OCH3 is 2. The van der Waals surface area contributed by atoms with E-state index in [2.05, 4.69) is 15.9 Å². The third-order valence-electron chi connectivity index (χ3n) is 8.26. The van der Waals surface area contributed by atoms with E-state index in [9.17, 15) is 34.2 Å². The number of aromatic hydroxyl groups is 1. The van der Waals surface area contributed by atoms with Crippen LogP contribution >= 0.6 is 15.9 Å². The normalized spacial score (nSPS) is 13.8. The number of carbonyl (C=O) groups excluding carboxylic acids is 4. The molecule has 0 aromatic heterocycles. The van der Waals surface area contributed by atoms with E-state index in [0.717, 1.165) is 0 Å². The Balaban J connectivity index is 1.59. The molecular weight excluding hydrogens is 704 g/mol. The standard InChI is InChI=1S/C36H33BrO12/c1-15-12-24(16(2)11-23(15)35(43)48-25-14-27(46-8)28(33(40)41)18(4)17(25)3)47-36(44)29-19(5)20(6)32(30(37)31(29)39)49-34(42)22-10-9-21(38)13-26(22)45-7/h9-14,22,39H,1-8H3,(H,40,41). The summed E-state index contributed by atoms with van der Waals surface area (Å²) >= 11 is 3.23. The number of hydrogen-bond donors (Lipinski definition) is 2. The lowest BCUT2D eigenvalue weighted by atomic mass is 9.99. The van der Waals surface area contributed by atoms with Gasteiger partial charge in [-0.3, -0.25) is 9.59 Å². The van der Waals surface area contributed by atoms with Crippen LogP contribution in [0.1, 0.15) is 64.5 Å². The van der Waals surface area contributed by atoms with Crippen molar-refractivity contribution in [3.63, 3.8) is 0 Å². The molecule has 1 aliphatic carbocycles. The van der Waals surface area contributed by atoms with E-state index >= 15 is 0 Å². The molecule has 1 atom stereocenters. The molecule has 3 aromatic carbocycles. The Morgan fingerprint density at radius 2 is 1.37 bits per heavy atom. The number of carbonyl (C=O) groups is 5. The minimum atomic E-state index is -1.18. The second kappa shape index (κ2) is 14.4. The van der Waals surface area contributed by atoms with Crippen molar-refractivity contribution < 1.29 is 57.9 Å². The molecule has 0 saturated heterocycles. The van der Waals surface area contributed by atoms with Crippen LogP contribution in [0.25, 0.3) is 0 Å². The summed E-state index contributed by atoms with van der Waals surface area (Å²) in [5.74, 6) is -5.13. The molecule has 0 fully saturated rings. The van der Waals surface area contributed by atoms with Gasteiger partial charge < -0.3 is 33.9 Å². The Kier molecular flexibility index (Phi) is 10.7. The van der Waals surface area contributed by atoms with E-state index in [0.29, 0.717) is 27.8 Å². The SMILES string of the molecule is COC1=CC(=O)C=CC1C(=O)Oc1c(C)c(C)c(C(=O)Oc2cc(C)c(C(=O)Oc3cc(OC)c(C(=O)O)c(C)c3C)cc2C)c(O)c1Br. The lowest BCUT2D eigenvalue weighted by Crippen LogP contribution is -2.25. The molecule has 4 rings (SSSR count). The van der Waals surface area contributed by atoms with Crippen molar-refractivity contribution in [2.45, 2.75) is 41.5 Å². The predicted molar refractivity (Wildman–Crippen MR) is 179 cm³/mol. The van der Waals surface area contributed by atoms with Gasteiger partial charge in [0.2, 0.25) is 0 Å². The van der Waals surface area contributed by atoms with Gasteiger partial charge in [0.15, 0.2) is 11.5 Å². The maximum absolute atomic E-state index is 13.5. The summed E-state index contributed by atoms with van der Waals surface area (Å²) in [6.07, 6.45) is 3.74. The van der Waals surface area contributed by atoms with Crippen molar-refractivity contribution >= 4 is 45.6 Å². The van der Waals surface area contributed by atoms with E-state index in [1.807, 2.05) is 0 Å². The molecule has 3 aromatic rings. The van der Waals surface area contributed by atoms with Crippen molar-refractivity contribution in [3.8, 4) is 28.7 Å². The molecule has 0 heterocycles. The number of rotatable bonds is 9. The summed E-state index contributed by atoms with van der Waals surface area (Å²) < 4.78 is 27.2. The largest absolute Gasteiger partial charge is 0.506 e. The second-order valence-corrected chi connectivity index (χ2v) is 12.0. The topological polar surface area (TPSA) is 172 Å². The number of phenolic OH excluding ortho intramolecular Hbond substituents is 1. The van der Waals surface area contributed by atoms with Gasteiger partial charge in [0, 0.05) is 12.1 Å². The highest BCUT2D eigenvalue weighted by Gasteiger charge is 2.31. The number of hydrogen-bond acceptors (Lipinski definition) is 11. The zero-order chi connectivity index (χ0) is 36.5. The van der Waals surface area contributed by atoms with E-state index in [1.54, 1.807) is 41.5 Å². The Morgan fingerprint density at radius 3 is 1.98 bits per heavy atom. The first kappa shape index (κ1) is 36.4. The lowest BCUT2D eigenvalue weighted by molar-refractivity contribution is -0.137. The van der Waals surface area contributed by atoms with Crippen LogP contribution in [0.5, 0.6) is 28.7 Å². The monoisotopic (exact) mass is 736 g/mol. The van der Waals surface area contributed by atoms with Crippen molar-refractivity contribution in [2.75, 3.05) is 14.2 Å². The predicted octanol–water partition coefficient (Wildman–Crippen LogP) is 6.34. The van der Waals surface area contributed by atoms with E-state index in [1.165, 1.54) is 50.6 Å². The molecule has 0 amide bonds. The fraction of sp³-hybridized carbons (Fsp3) is 0.250. The number of aryl methyl sites for hydroxylation is 2. The van der Waals surface area contributed by atoms with E-state index < -0.39 is 35.5 Å². The molecule has 0 spiro atoms. The number of benzene rings is 3. The summed E-state index contributed by atoms with van der Waals surface area (Å²) in [6.45, 7) is 9.60. The van der Waals surface area contributed by atoms with Crippen molar-refractivity contribution in [3.05, 3.63) is 96.7 Å². The maximum atomic E-state index is 13.5. The highest BCUT2D eigenvalue weighted by atomic mass is 79.9. The van der Waals surface area contributed by atoms with Crippen LogP contribution in [0.4, 0.5) is 0 Å². The summed E-state index contributed by atoms with van der Waals surface area (Å²) in [5.41, 5.74) is 2.21. The van der Waals surface area contributed by atoms with Gasteiger partial charge in [0.1, 0.15) is 50.3 Å². The van der Waals surface area contributed by atoms with Gasteiger partial charge in [-0.05, 0) is 109 Å². The molecule has 0 aliphatic heterocycles. The van der Waals surface area contributed by atoms with Crippen LogP contribution in [-0.4, -0.2) is 54.1 Å². The molecule has 49 heavy (non-hydrogen) atoms. The molecule has 12 nitrogen and oxygen atoms in total. The van der Waals surface area contributed by atoms with E-state index in [-0.39, 0.29) is 61.3 Å². The number of aromatic carboxylic acids is 1. The minimum Gasteiger partial charge on any atom is -0.506 e. The Morgan fingerprint density at radius 1 is 0.735 bits per heavy atom. The maximum Gasteiger partial charge on any atom is 0.347 e. The van der Waals surface area contributed by atoms with Crippen LogP contribution in [0.15, 0.2) is 46.7 Å². The summed E-state index contributed by atoms with van der Waals surface area (Å²) in [6, 6.07) is 4.30. The van der Waals surface area contributed by atoms with Crippen LogP contribution in [0, 0.1) is 47.5 Å². The fourth-order valence-electron chi connectivity index (χ4n) is 5.21. The molecule has 0 radical (unpaired) electrons. The van der Waals surface area contributed by atoms with Crippen molar-refractivity contribution in [1.29, 1.82) is 0 Å². The van der Waals surface area contributed by atoms with Crippen molar-refractivity contribution in [1.82, 2.24) is 0 Å². The number of ether oxygens (including phenoxy) is 5. The average molecular weight is 738 g/mol. The lowest BCUT2D eigenvalue weighted by Gasteiger charge is -2.21. The minimum absolute atomic E-state index is 0.0344. The third-order valence-corrected chi connectivity index (χ3v) is 8.99. The number of phenols is 1. The first-order valence-electron chi connectivity index (χ1n) is 14.7. The smallest absolute Gasteiger partial charge is 0.347 e. The molecule has 1 aliphatic rings. The van der Waals surface area contributed by atoms with Crippen LogP contribution in [-0.2, 0) is 14.3 Å². The Bertz CT molecular complexity index is 1970. The average Bonchev–Trinajstić information content (AvgIpc) is 3.05. The summed E-state index contributed by atoms with van der Waals surface area (Å²) in [5, 5.41) is 20.6. The molecule has 256 valence electrons. The van der Waals surface area contributed by atoms with Gasteiger partial charge in [-0.1, -0.05) is 6.08 Å². The zero-order valence-electron chi connectivity index (χ0n) is 27.9. The van der Waals surface area contributed by atoms with Gasteiger partial charge >= 0.3 is 23.9 Å². The molecular formula is C36H33BrO12. The van der Waals surface area contributed by atoms with E-state index in [4.69, 9.17) is 23.7 Å². The van der Waals surface area contributed by atoms with Gasteiger partial charge in [-0.2, -0.15) is 0 Å².